The van der Waals surface area contributed by atoms with Crippen LogP contribution in [0.15, 0.2) is 54.6 Å². The van der Waals surface area contributed by atoms with E-state index < -0.39 is 0 Å². The second-order valence-corrected chi connectivity index (χ2v) is 8.29. The minimum absolute atomic E-state index is 0.0127. The van der Waals surface area contributed by atoms with Crippen LogP contribution in [0.1, 0.15) is 42.0 Å². The van der Waals surface area contributed by atoms with Crippen LogP contribution >= 0.6 is 0 Å². The largest absolute Gasteiger partial charge is 0.341 e. The van der Waals surface area contributed by atoms with E-state index >= 15 is 0 Å². The summed E-state index contributed by atoms with van der Waals surface area (Å²) >= 11 is 0. The molecule has 1 fully saturated rings. The number of nitrogens with zero attached hydrogens (tertiary/aromatic N) is 2. The van der Waals surface area contributed by atoms with E-state index in [1.54, 1.807) is 11.9 Å². The minimum atomic E-state index is -0.227. The lowest BCUT2D eigenvalue weighted by Gasteiger charge is -2.28. The molecule has 31 heavy (non-hydrogen) atoms. The molecule has 2 N–H and O–H groups in total. The fourth-order valence-electron chi connectivity index (χ4n) is 3.97. The Morgan fingerprint density at radius 1 is 1.00 bits per heavy atom. The molecule has 0 radical (unpaired) electrons. The van der Waals surface area contributed by atoms with Gasteiger partial charge >= 0.3 is 6.03 Å². The standard InChI is InChI=1S/C25H34N4O2/c1-20-10-12-22(13-11-20)23(29-16-6-7-17-29)18-27-25(31)26-15-14-24(30)28(2)19-21-8-4-3-5-9-21/h3-5,8-13,23H,6-7,14-19H2,1-2H3,(H2,26,27,31). The third-order valence-corrected chi connectivity index (χ3v) is 5.81. The molecule has 2 aromatic rings. The molecule has 1 aliphatic rings. The van der Waals surface area contributed by atoms with E-state index in [1.807, 2.05) is 30.3 Å². The summed E-state index contributed by atoms with van der Waals surface area (Å²) in [7, 11) is 1.79. The predicted octanol–water partition coefficient (Wildman–Crippen LogP) is 3.48. The summed E-state index contributed by atoms with van der Waals surface area (Å²) in [6, 6.07) is 18.4. The minimum Gasteiger partial charge on any atom is -0.341 e. The summed E-state index contributed by atoms with van der Waals surface area (Å²) in [5.41, 5.74) is 3.55. The van der Waals surface area contributed by atoms with Gasteiger partial charge in [-0.3, -0.25) is 9.69 Å². The molecule has 0 aliphatic carbocycles. The number of urea groups is 1. The van der Waals surface area contributed by atoms with Crippen molar-refractivity contribution in [2.75, 3.05) is 33.2 Å². The van der Waals surface area contributed by atoms with E-state index in [-0.39, 0.29) is 24.4 Å². The second-order valence-electron chi connectivity index (χ2n) is 8.29. The smallest absolute Gasteiger partial charge is 0.314 e. The van der Waals surface area contributed by atoms with Gasteiger partial charge in [-0.15, -0.1) is 0 Å². The number of aryl methyl sites for hydroxylation is 1. The molecule has 1 atom stereocenters. The van der Waals surface area contributed by atoms with Crippen molar-refractivity contribution in [3.8, 4) is 0 Å². The Kier molecular flexibility index (Phi) is 8.47. The maximum atomic E-state index is 12.3. The summed E-state index contributed by atoms with van der Waals surface area (Å²) in [4.78, 5) is 28.8. The van der Waals surface area contributed by atoms with Crippen molar-refractivity contribution in [3.05, 3.63) is 71.3 Å². The zero-order chi connectivity index (χ0) is 22.1. The van der Waals surface area contributed by atoms with Gasteiger partial charge in [-0.05, 0) is 44.0 Å². The number of benzene rings is 2. The van der Waals surface area contributed by atoms with E-state index in [0.717, 1.165) is 18.7 Å². The number of hydrogen-bond donors (Lipinski definition) is 2. The predicted molar refractivity (Wildman–Crippen MR) is 124 cm³/mol. The molecule has 0 saturated carbocycles. The molecule has 6 nitrogen and oxygen atoms in total. The molecule has 6 heteroatoms. The van der Waals surface area contributed by atoms with Crippen LogP contribution in [0.25, 0.3) is 0 Å². The van der Waals surface area contributed by atoms with E-state index in [0.29, 0.717) is 19.6 Å². The highest BCUT2D eigenvalue weighted by Gasteiger charge is 2.23. The first-order valence-corrected chi connectivity index (χ1v) is 11.1. The average Bonchev–Trinajstić information content (AvgIpc) is 3.30. The van der Waals surface area contributed by atoms with Crippen LogP contribution in [0.4, 0.5) is 4.79 Å². The van der Waals surface area contributed by atoms with Gasteiger partial charge in [0.05, 0.1) is 6.04 Å². The third kappa shape index (κ3) is 7.10. The second kappa shape index (κ2) is 11.5. The van der Waals surface area contributed by atoms with Crippen LogP contribution in [0.5, 0.6) is 0 Å². The average molecular weight is 423 g/mol. The van der Waals surface area contributed by atoms with Gasteiger partial charge in [0.2, 0.25) is 5.91 Å². The van der Waals surface area contributed by atoms with E-state index in [2.05, 4.69) is 46.7 Å². The van der Waals surface area contributed by atoms with Gasteiger partial charge < -0.3 is 15.5 Å². The van der Waals surface area contributed by atoms with Crippen molar-refractivity contribution in [3.63, 3.8) is 0 Å². The first kappa shape index (κ1) is 22.8. The van der Waals surface area contributed by atoms with Crippen molar-refractivity contribution >= 4 is 11.9 Å². The van der Waals surface area contributed by atoms with Crippen LogP contribution in [0.3, 0.4) is 0 Å². The molecular formula is C25H34N4O2. The summed E-state index contributed by atoms with van der Waals surface area (Å²) in [6.45, 7) is 5.65. The lowest BCUT2D eigenvalue weighted by molar-refractivity contribution is -0.130. The van der Waals surface area contributed by atoms with E-state index in [9.17, 15) is 9.59 Å². The Morgan fingerprint density at radius 2 is 1.68 bits per heavy atom. The molecule has 1 saturated heterocycles. The van der Waals surface area contributed by atoms with Gasteiger partial charge in [0.15, 0.2) is 0 Å². The van der Waals surface area contributed by atoms with Gasteiger partial charge in [0.1, 0.15) is 0 Å². The number of carbonyl (C=O) groups excluding carboxylic acids is 2. The number of likely N-dealkylation sites (tertiary alicyclic amines) is 1. The quantitative estimate of drug-likeness (QED) is 0.650. The summed E-state index contributed by atoms with van der Waals surface area (Å²) in [6.07, 6.45) is 2.69. The molecular weight excluding hydrogens is 388 g/mol. The number of amides is 3. The maximum Gasteiger partial charge on any atom is 0.314 e. The Morgan fingerprint density at radius 3 is 2.35 bits per heavy atom. The van der Waals surface area contributed by atoms with Crippen molar-refractivity contribution < 1.29 is 9.59 Å². The van der Waals surface area contributed by atoms with Crippen LogP contribution < -0.4 is 10.6 Å². The molecule has 166 valence electrons. The van der Waals surface area contributed by atoms with Gasteiger partial charge in [-0.2, -0.15) is 0 Å². The van der Waals surface area contributed by atoms with Crippen molar-refractivity contribution in [2.24, 2.45) is 0 Å². The van der Waals surface area contributed by atoms with Crippen LogP contribution in [-0.4, -0.2) is 55.0 Å². The number of nitrogens with one attached hydrogen (secondary N) is 2. The molecule has 0 spiro atoms. The molecule has 1 aliphatic heterocycles. The maximum absolute atomic E-state index is 12.3. The monoisotopic (exact) mass is 422 g/mol. The number of carbonyl (C=O) groups is 2. The SMILES string of the molecule is Cc1ccc(C(CNC(=O)NCCC(=O)N(C)Cc2ccccc2)N2CCCC2)cc1. The summed E-state index contributed by atoms with van der Waals surface area (Å²) < 4.78 is 0. The summed E-state index contributed by atoms with van der Waals surface area (Å²) in [5.74, 6) is 0.0127. The van der Waals surface area contributed by atoms with E-state index in [1.165, 1.54) is 24.0 Å². The Bertz CT molecular complexity index is 832. The van der Waals surface area contributed by atoms with Crippen molar-refractivity contribution in [1.29, 1.82) is 0 Å². The Labute approximate surface area is 185 Å². The van der Waals surface area contributed by atoms with Gasteiger partial charge in [0.25, 0.3) is 0 Å². The number of hydrogen-bond acceptors (Lipinski definition) is 3. The topological polar surface area (TPSA) is 64.7 Å². The Balaban J connectivity index is 1.42. The van der Waals surface area contributed by atoms with Crippen LogP contribution in [0.2, 0.25) is 0 Å². The molecule has 0 aromatic heterocycles. The molecule has 1 unspecified atom stereocenters. The van der Waals surface area contributed by atoms with Gasteiger partial charge in [-0.25, -0.2) is 4.79 Å². The highest BCUT2D eigenvalue weighted by atomic mass is 16.2. The van der Waals surface area contributed by atoms with Gasteiger partial charge in [0, 0.05) is 33.1 Å². The number of rotatable bonds is 9. The zero-order valence-corrected chi connectivity index (χ0v) is 18.6. The first-order chi connectivity index (χ1) is 15.0. The Hall–Kier alpha value is -2.86. The van der Waals surface area contributed by atoms with Crippen molar-refractivity contribution in [2.45, 2.75) is 38.8 Å². The van der Waals surface area contributed by atoms with Crippen LogP contribution in [-0.2, 0) is 11.3 Å². The fourth-order valence-corrected chi connectivity index (χ4v) is 3.97. The molecule has 3 amide bonds. The molecule has 2 aromatic carbocycles. The third-order valence-electron chi connectivity index (χ3n) is 5.81. The highest BCUT2D eigenvalue weighted by molar-refractivity contribution is 5.78. The molecule has 3 rings (SSSR count). The lowest BCUT2D eigenvalue weighted by Crippen LogP contribution is -2.42. The van der Waals surface area contributed by atoms with E-state index in [4.69, 9.17) is 0 Å². The van der Waals surface area contributed by atoms with Crippen LogP contribution in [0, 0.1) is 6.92 Å². The van der Waals surface area contributed by atoms with Gasteiger partial charge in [-0.1, -0.05) is 60.2 Å². The zero-order valence-electron chi connectivity index (χ0n) is 18.6. The molecule has 0 bridgehead atoms. The van der Waals surface area contributed by atoms with Crippen molar-refractivity contribution in [1.82, 2.24) is 20.4 Å². The normalized spacial score (nSPS) is 14.8. The summed E-state index contributed by atoms with van der Waals surface area (Å²) in [5, 5.41) is 5.82. The molecule has 1 heterocycles. The first-order valence-electron chi connectivity index (χ1n) is 11.1. The highest BCUT2D eigenvalue weighted by Crippen LogP contribution is 2.24. The lowest BCUT2D eigenvalue weighted by atomic mass is 10.0. The fraction of sp³-hybridized carbons (Fsp3) is 0.440.